The molecule has 0 aliphatic heterocycles. The zero-order valence-corrected chi connectivity index (χ0v) is 8.69. The Morgan fingerprint density at radius 3 is 2.50 bits per heavy atom. The molecule has 1 rings (SSSR count). The zero-order valence-electron chi connectivity index (χ0n) is 8.69. The summed E-state index contributed by atoms with van der Waals surface area (Å²) < 4.78 is 0. The first-order valence-electron chi connectivity index (χ1n) is 4.67. The van der Waals surface area contributed by atoms with Crippen LogP contribution in [0.25, 0.3) is 0 Å². The van der Waals surface area contributed by atoms with Crippen LogP contribution in [0.2, 0.25) is 0 Å². The Balaban J connectivity index is 2.84. The number of aliphatic hydroxyl groups is 1. The molecular weight excluding hydrogens is 178 g/mol. The van der Waals surface area contributed by atoms with Crippen LogP contribution < -0.4 is 0 Å². The quantitative estimate of drug-likeness (QED) is 0.741. The fourth-order valence-electron chi connectivity index (χ4n) is 1.09. The minimum atomic E-state index is -0.931. The van der Waals surface area contributed by atoms with Gasteiger partial charge in [0.15, 0.2) is 5.78 Å². The van der Waals surface area contributed by atoms with E-state index in [1.807, 2.05) is 20.8 Å². The van der Waals surface area contributed by atoms with Crippen molar-refractivity contribution in [3.8, 4) is 0 Å². The molecule has 0 bridgehead atoms. The Hall–Kier alpha value is -1.22. The monoisotopic (exact) mass is 193 g/mol. The summed E-state index contributed by atoms with van der Waals surface area (Å²) in [6.45, 7) is 5.47. The predicted molar refractivity (Wildman–Crippen MR) is 54.1 cm³/mol. The number of carbonyl (C=O) groups is 1. The molecule has 1 aromatic rings. The molecule has 0 saturated heterocycles. The number of hydrogen-bond donors (Lipinski definition) is 1. The van der Waals surface area contributed by atoms with Crippen LogP contribution in [0.5, 0.6) is 0 Å². The van der Waals surface area contributed by atoms with E-state index in [4.69, 9.17) is 0 Å². The van der Waals surface area contributed by atoms with Gasteiger partial charge in [-0.15, -0.1) is 0 Å². The predicted octanol–water partition coefficient (Wildman–Crippen LogP) is 1.59. The van der Waals surface area contributed by atoms with Gasteiger partial charge in [0.1, 0.15) is 6.10 Å². The molecule has 0 aliphatic carbocycles. The average Bonchev–Trinajstić information content (AvgIpc) is 2.16. The van der Waals surface area contributed by atoms with Crippen molar-refractivity contribution in [2.24, 2.45) is 5.92 Å². The van der Waals surface area contributed by atoms with Crippen LogP contribution in [-0.4, -0.2) is 22.0 Å². The highest BCUT2D eigenvalue weighted by Crippen LogP contribution is 2.09. The molecule has 0 aromatic carbocycles. The van der Waals surface area contributed by atoms with Gasteiger partial charge >= 0.3 is 0 Å². The number of ketones is 1. The molecule has 0 spiro atoms. The van der Waals surface area contributed by atoms with Gasteiger partial charge in [-0.05, 0) is 25.0 Å². The lowest BCUT2D eigenvalue weighted by molar-refractivity contribution is 0.0647. The number of aliphatic hydroxyl groups excluding tert-OH is 1. The Bertz CT molecular complexity index is 317. The topological polar surface area (TPSA) is 50.2 Å². The van der Waals surface area contributed by atoms with Gasteiger partial charge in [0.05, 0.1) is 0 Å². The van der Waals surface area contributed by atoms with E-state index in [2.05, 4.69) is 4.98 Å². The average molecular weight is 193 g/mol. The molecule has 0 aliphatic rings. The summed E-state index contributed by atoms with van der Waals surface area (Å²) in [5.41, 5.74) is 1.33. The van der Waals surface area contributed by atoms with Crippen LogP contribution in [-0.2, 0) is 0 Å². The summed E-state index contributed by atoms with van der Waals surface area (Å²) in [6.07, 6.45) is 0.572. The number of pyridine rings is 1. The first-order chi connectivity index (χ1) is 6.52. The van der Waals surface area contributed by atoms with Crippen LogP contribution in [0.15, 0.2) is 18.3 Å². The third-order valence-electron chi connectivity index (χ3n) is 2.10. The summed E-state index contributed by atoms with van der Waals surface area (Å²) in [5, 5.41) is 9.54. The van der Waals surface area contributed by atoms with Gasteiger partial charge in [0, 0.05) is 17.5 Å². The lowest BCUT2D eigenvalue weighted by atomic mass is 9.99. The highest BCUT2D eigenvalue weighted by molar-refractivity contribution is 5.99. The van der Waals surface area contributed by atoms with Gasteiger partial charge in [0.2, 0.25) is 0 Å². The number of aryl methyl sites for hydroxylation is 1. The van der Waals surface area contributed by atoms with E-state index < -0.39 is 6.10 Å². The SMILES string of the molecule is Cc1ccc(C(=O)C(O)C(C)C)cn1. The van der Waals surface area contributed by atoms with Crippen molar-refractivity contribution in [1.29, 1.82) is 0 Å². The molecule has 76 valence electrons. The van der Waals surface area contributed by atoms with Crippen LogP contribution in [0, 0.1) is 12.8 Å². The van der Waals surface area contributed by atoms with E-state index in [1.54, 1.807) is 12.1 Å². The molecule has 1 unspecified atom stereocenters. The Labute approximate surface area is 83.8 Å². The maximum absolute atomic E-state index is 11.6. The van der Waals surface area contributed by atoms with Crippen molar-refractivity contribution in [3.05, 3.63) is 29.6 Å². The molecule has 0 radical (unpaired) electrons. The van der Waals surface area contributed by atoms with Gasteiger partial charge in [-0.1, -0.05) is 13.8 Å². The van der Waals surface area contributed by atoms with Crippen molar-refractivity contribution in [1.82, 2.24) is 4.98 Å². The number of hydrogen-bond acceptors (Lipinski definition) is 3. The summed E-state index contributed by atoms with van der Waals surface area (Å²) in [7, 11) is 0. The summed E-state index contributed by atoms with van der Waals surface area (Å²) in [5.74, 6) is -0.323. The fraction of sp³-hybridized carbons (Fsp3) is 0.455. The summed E-state index contributed by atoms with van der Waals surface area (Å²) in [4.78, 5) is 15.6. The molecule has 1 N–H and O–H groups in total. The zero-order chi connectivity index (χ0) is 10.7. The molecule has 1 heterocycles. The van der Waals surface area contributed by atoms with Gasteiger partial charge in [-0.3, -0.25) is 9.78 Å². The van der Waals surface area contributed by atoms with Crippen molar-refractivity contribution >= 4 is 5.78 Å². The van der Waals surface area contributed by atoms with Crippen LogP contribution in [0.1, 0.15) is 29.9 Å². The number of rotatable bonds is 3. The van der Waals surface area contributed by atoms with Crippen molar-refractivity contribution in [2.75, 3.05) is 0 Å². The maximum Gasteiger partial charge on any atom is 0.193 e. The van der Waals surface area contributed by atoms with Crippen molar-refractivity contribution in [2.45, 2.75) is 26.9 Å². The summed E-state index contributed by atoms with van der Waals surface area (Å²) in [6, 6.07) is 3.45. The van der Waals surface area contributed by atoms with Crippen molar-refractivity contribution < 1.29 is 9.90 Å². The van der Waals surface area contributed by atoms with E-state index in [0.29, 0.717) is 5.56 Å². The normalized spacial score (nSPS) is 12.9. The number of aromatic nitrogens is 1. The Morgan fingerprint density at radius 1 is 1.43 bits per heavy atom. The van der Waals surface area contributed by atoms with E-state index in [0.717, 1.165) is 5.69 Å². The molecule has 0 saturated carbocycles. The number of carbonyl (C=O) groups excluding carboxylic acids is 1. The molecule has 1 atom stereocenters. The van der Waals surface area contributed by atoms with Gasteiger partial charge in [-0.2, -0.15) is 0 Å². The molecule has 1 aromatic heterocycles. The standard InChI is InChI=1S/C11H15NO2/c1-7(2)10(13)11(14)9-5-4-8(3)12-6-9/h4-7,10,13H,1-3H3. The second-order valence-electron chi connectivity index (χ2n) is 3.74. The first kappa shape index (κ1) is 10.9. The van der Waals surface area contributed by atoms with Crippen LogP contribution in [0.3, 0.4) is 0 Å². The molecule has 3 heteroatoms. The van der Waals surface area contributed by atoms with E-state index in [9.17, 15) is 9.90 Å². The third-order valence-corrected chi connectivity index (χ3v) is 2.10. The lowest BCUT2D eigenvalue weighted by Gasteiger charge is -2.12. The minimum Gasteiger partial charge on any atom is -0.385 e. The number of Topliss-reactive ketones (excluding diaryl/α,β-unsaturated/α-hetero) is 1. The van der Waals surface area contributed by atoms with Crippen molar-refractivity contribution in [3.63, 3.8) is 0 Å². The van der Waals surface area contributed by atoms with E-state index >= 15 is 0 Å². The molecule has 3 nitrogen and oxygen atoms in total. The largest absolute Gasteiger partial charge is 0.385 e. The fourth-order valence-corrected chi connectivity index (χ4v) is 1.09. The molecular formula is C11H15NO2. The van der Waals surface area contributed by atoms with E-state index in [1.165, 1.54) is 6.20 Å². The molecule has 0 fully saturated rings. The lowest BCUT2D eigenvalue weighted by Crippen LogP contribution is -2.26. The van der Waals surface area contributed by atoms with Gasteiger partial charge in [-0.25, -0.2) is 0 Å². The number of nitrogens with zero attached hydrogens (tertiary/aromatic N) is 1. The summed E-state index contributed by atoms with van der Waals surface area (Å²) >= 11 is 0. The van der Waals surface area contributed by atoms with Gasteiger partial charge < -0.3 is 5.11 Å². The third kappa shape index (κ3) is 2.39. The second kappa shape index (κ2) is 4.33. The Morgan fingerprint density at radius 2 is 2.07 bits per heavy atom. The van der Waals surface area contributed by atoms with Gasteiger partial charge in [0.25, 0.3) is 0 Å². The highest BCUT2D eigenvalue weighted by atomic mass is 16.3. The van der Waals surface area contributed by atoms with E-state index in [-0.39, 0.29) is 11.7 Å². The van der Waals surface area contributed by atoms with Crippen LogP contribution in [0.4, 0.5) is 0 Å². The molecule has 14 heavy (non-hydrogen) atoms. The second-order valence-corrected chi connectivity index (χ2v) is 3.74. The highest BCUT2D eigenvalue weighted by Gasteiger charge is 2.20. The minimum absolute atomic E-state index is 0.0659. The van der Waals surface area contributed by atoms with Crippen LogP contribution >= 0.6 is 0 Å². The maximum atomic E-state index is 11.6. The smallest absolute Gasteiger partial charge is 0.193 e. The first-order valence-corrected chi connectivity index (χ1v) is 4.67. The Kier molecular flexibility index (Phi) is 3.36. The molecule has 0 amide bonds.